The molecule has 0 spiro atoms. The van der Waals surface area contributed by atoms with Gasteiger partial charge in [-0.15, -0.1) is 22.7 Å². The van der Waals surface area contributed by atoms with Crippen LogP contribution in [0.1, 0.15) is 41.4 Å². The number of carbonyl (C=O) groups is 1. The van der Waals surface area contributed by atoms with Crippen LogP contribution in [0.2, 0.25) is 0 Å². The van der Waals surface area contributed by atoms with E-state index in [9.17, 15) is 4.79 Å². The van der Waals surface area contributed by atoms with Crippen LogP contribution in [0.5, 0.6) is 0 Å². The zero-order valence-electron chi connectivity index (χ0n) is 12.0. The molecule has 0 saturated carbocycles. The molecule has 1 aliphatic rings. The number of hydrogen-bond acceptors (Lipinski definition) is 5. The standard InChI is InChI=1S/C15H19N3OS2/c1-10(12-3-2-8-20-12)14(19)18-15-17-9-13(21-15)11-4-6-16-7-5-11/h2-3,8-11,16H,4-7H2,1H3,(H,17,18,19). The fourth-order valence-electron chi connectivity index (χ4n) is 2.52. The van der Waals surface area contributed by atoms with Crippen molar-refractivity contribution < 1.29 is 4.79 Å². The maximum Gasteiger partial charge on any atom is 0.234 e. The Morgan fingerprint density at radius 2 is 2.29 bits per heavy atom. The monoisotopic (exact) mass is 321 g/mol. The summed E-state index contributed by atoms with van der Waals surface area (Å²) < 4.78 is 0. The highest BCUT2D eigenvalue weighted by atomic mass is 32.1. The Morgan fingerprint density at radius 3 is 3.00 bits per heavy atom. The number of rotatable bonds is 4. The SMILES string of the molecule is CC(C(=O)Nc1ncc(C2CCNCC2)s1)c1cccs1. The van der Waals surface area contributed by atoms with Crippen LogP contribution in [0.25, 0.3) is 0 Å². The van der Waals surface area contributed by atoms with Crippen LogP contribution in [0.4, 0.5) is 5.13 Å². The van der Waals surface area contributed by atoms with E-state index in [1.54, 1.807) is 22.7 Å². The highest BCUT2D eigenvalue weighted by Crippen LogP contribution is 2.32. The number of hydrogen-bond donors (Lipinski definition) is 2. The quantitative estimate of drug-likeness (QED) is 0.907. The number of nitrogens with zero attached hydrogens (tertiary/aromatic N) is 1. The molecule has 0 aromatic carbocycles. The number of aromatic nitrogens is 1. The third-order valence-electron chi connectivity index (χ3n) is 3.86. The molecule has 3 rings (SSSR count). The smallest absolute Gasteiger partial charge is 0.234 e. The van der Waals surface area contributed by atoms with E-state index in [0.717, 1.165) is 35.9 Å². The molecule has 1 unspecified atom stereocenters. The molecule has 1 fully saturated rings. The summed E-state index contributed by atoms with van der Waals surface area (Å²) in [5, 5.41) is 9.04. The predicted molar refractivity (Wildman–Crippen MR) is 88.3 cm³/mol. The number of amides is 1. The second-order valence-corrected chi connectivity index (χ2v) is 7.36. The van der Waals surface area contributed by atoms with Crippen molar-refractivity contribution in [3.63, 3.8) is 0 Å². The number of thiophene rings is 1. The van der Waals surface area contributed by atoms with E-state index in [1.807, 2.05) is 30.6 Å². The number of carbonyl (C=O) groups excluding carboxylic acids is 1. The van der Waals surface area contributed by atoms with Gasteiger partial charge in [0.1, 0.15) is 0 Å². The molecule has 1 saturated heterocycles. The average molecular weight is 321 g/mol. The summed E-state index contributed by atoms with van der Waals surface area (Å²) in [6, 6.07) is 3.97. The fraction of sp³-hybridized carbons (Fsp3) is 0.467. The molecular weight excluding hydrogens is 302 g/mol. The van der Waals surface area contributed by atoms with Crippen LogP contribution >= 0.6 is 22.7 Å². The molecule has 3 heterocycles. The average Bonchev–Trinajstić information content (AvgIpc) is 3.19. The Hall–Kier alpha value is -1.24. The largest absolute Gasteiger partial charge is 0.317 e. The summed E-state index contributed by atoms with van der Waals surface area (Å²) in [6.45, 7) is 4.07. The van der Waals surface area contributed by atoms with Gasteiger partial charge in [0.2, 0.25) is 5.91 Å². The molecule has 21 heavy (non-hydrogen) atoms. The minimum Gasteiger partial charge on any atom is -0.317 e. The van der Waals surface area contributed by atoms with Gasteiger partial charge in [0.05, 0.1) is 5.92 Å². The van der Waals surface area contributed by atoms with Crippen molar-refractivity contribution in [2.75, 3.05) is 18.4 Å². The lowest BCUT2D eigenvalue weighted by Crippen LogP contribution is -2.26. The molecule has 0 bridgehead atoms. The van der Waals surface area contributed by atoms with Gasteiger partial charge >= 0.3 is 0 Å². The molecular formula is C15H19N3OS2. The first-order valence-electron chi connectivity index (χ1n) is 7.25. The van der Waals surface area contributed by atoms with Crippen molar-refractivity contribution >= 4 is 33.7 Å². The Kier molecular flexibility index (Phi) is 4.67. The van der Waals surface area contributed by atoms with Crippen LogP contribution in [-0.2, 0) is 4.79 Å². The summed E-state index contributed by atoms with van der Waals surface area (Å²) in [7, 11) is 0. The molecule has 2 aromatic heterocycles. The minimum atomic E-state index is -0.128. The highest BCUT2D eigenvalue weighted by molar-refractivity contribution is 7.15. The van der Waals surface area contributed by atoms with Crippen LogP contribution in [0.15, 0.2) is 23.7 Å². The van der Waals surface area contributed by atoms with Gasteiger partial charge in [-0.2, -0.15) is 0 Å². The third kappa shape index (κ3) is 3.51. The predicted octanol–water partition coefficient (Wildman–Crippen LogP) is 3.41. The molecule has 1 amide bonds. The number of thiazole rings is 1. The van der Waals surface area contributed by atoms with E-state index in [2.05, 4.69) is 15.6 Å². The summed E-state index contributed by atoms with van der Waals surface area (Å²) >= 11 is 3.23. The second kappa shape index (κ2) is 6.68. The van der Waals surface area contributed by atoms with E-state index >= 15 is 0 Å². The summed E-state index contributed by atoms with van der Waals surface area (Å²) in [5.74, 6) is 0.476. The first kappa shape index (κ1) is 14.7. The van der Waals surface area contributed by atoms with Crippen LogP contribution < -0.4 is 10.6 Å². The van der Waals surface area contributed by atoms with E-state index in [4.69, 9.17) is 0 Å². The molecule has 2 aromatic rings. The van der Waals surface area contributed by atoms with Crippen LogP contribution in [0, 0.1) is 0 Å². The normalized spacial score (nSPS) is 17.6. The molecule has 4 nitrogen and oxygen atoms in total. The van der Waals surface area contributed by atoms with Gasteiger partial charge in [0.25, 0.3) is 0 Å². The lowest BCUT2D eigenvalue weighted by molar-refractivity contribution is -0.117. The topological polar surface area (TPSA) is 54.0 Å². The van der Waals surface area contributed by atoms with Gasteiger partial charge < -0.3 is 10.6 Å². The Morgan fingerprint density at radius 1 is 1.48 bits per heavy atom. The van der Waals surface area contributed by atoms with Crippen molar-refractivity contribution in [1.29, 1.82) is 0 Å². The highest BCUT2D eigenvalue weighted by Gasteiger charge is 2.20. The molecule has 0 radical (unpaired) electrons. The second-order valence-electron chi connectivity index (χ2n) is 5.32. The fourth-order valence-corrected chi connectivity index (χ4v) is 4.29. The van der Waals surface area contributed by atoms with Gasteiger partial charge in [0, 0.05) is 16.0 Å². The van der Waals surface area contributed by atoms with Crippen LogP contribution in [-0.4, -0.2) is 24.0 Å². The molecule has 2 N–H and O–H groups in total. The van der Waals surface area contributed by atoms with E-state index in [0.29, 0.717) is 5.92 Å². The summed E-state index contributed by atoms with van der Waals surface area (Å²) in [5.41, 5.74) is 0. The Bertz CT molecular complexity index is 588. The lowest BCUT2D eigenvalue weighted by Gasteiger charge is -2.20. The van der Waals surface area contributed by atoms with Crippen molar-refractivity contribution in [3.05, 3.63) is 33.5 Å². The molecule has 1 aliphatic heterocycles. The van der Waals surface area contributed by atoms with Crippen molar-refractivity contribution in [2.24, 2.45) is 0 Å². The maximum atomic E-state index is 12.2. The van der Waals surface area contributed by atoms with Crippen molar-refractivity contribution in [3.8, 4) is 0 Å². The zero-order valence-corrected chi connectivity index (χ0v) is 13.6. The van der Waals surface area contributed by atoms with E-state index in [1.165, 1.54) is 4.88 Å². The molecule has 1 atom stereocenters. The Labute approximate surface area is 132 Å². The third-order valence-corrected chi connectivity index (χ3v) is 5.99. The molecule has 6 heteroatoms. The minimum absolute atomic E-state index is 0.0173. The van der Waals surface area contributed by atoms with Gasteiger partial charge in [-0.25, -0.2) is 4.98 Å². The first-order chi connectivity index (χ1) is 10.2. The summed E-state index contributed by atoms with van der Waals surface area (Å²) in [4.78, 5) is 19.0. The zero-order chi connectivity index (χ0) is 14.7. The van der Waals surface area contributed by atoms with Gasteiger partial charge in [-0.05, 0) is 50.2 Å². The number of anilines is 1. The van der Waals surface area contributed by atoms with Gasteiger partial charge in [-0.1, -0.05) is 6.07 Å². The van der Waals surface area contributed by atoms with Crippen molar-refractivity contribution in [1.82, 2.24) is 10.3 Å². The van der Waals surface area contributed by atoms with E-state index < -0.39 is 0 Å². The molecule has 0 aliphatic carbocycles. The van der Waals surface area contributed by atoms with Gasteiger partial charge in [0.15, 0.2) is 5.13 Å². The maximum absolute atomic E-state index is 12.2. The lowest BCUT2D eigenvalue weighted by atomic mass is 9.97. The number of nitrogens with one attached hydrogen (secondary N) is 2. The van der Waals surface area contributed by atoms with Crippen LogP contribution in [0.3, 0.4) is 0 Å². The van der Waals surface area contributed by atoms with Crippen molar-refractivity contribution in [2.45, 2.75) is 31.6 Å². The summed E-state index contributed by atoms with van der Waals surface area (Å²) in [6.07, 6.45) is 4.23. The number of piperidine rings is 1. The first-order valence-corrected chi connectivity index (χ1v) is 8.94. The van der Waals surface area contributed by atoms with Gasteiger partial charge in [-0.3, -0.25) is 4.79 Å². The molecule has 112 valence electrons. The Balaban J connectivity index is 1.62. The van der Waals surface area contributed by atoms with E-state index in [-0.39, 0.29) is 11.8 Å².